The average molecular weight is 479 g/mol. The molecule has 0 spiro atoms. The minimum Gasteiger partial charge on any atom is -0.363 e. The zero-order chi connectivity index (χ0) is 23.0. The number of aromatic nitrogens is 3. The number of nitrogens with zero attached hydrogens (tertiary/aromatic N) is 3. The number of carbonyl (C=O) groups excluding carboxylic acids is 1. The first-order valence-electron chi connectivity index (χ1n) is 10.5. The molecular formula is C25H24ClFN6O. The summed E-state index contributed by atoms with van der Waals surface area (Å²) in [5, 5.41) is 9.30. The molecule has 0 radical (unpaired) electrons. The highest BCUT2D eigenvalue weighted by Gasteiger charge is 2.13. The fraction of sp³-hybridized carbons (Fsp3) is 0.120. The molecule has 1 amide bonds. The Hall–Kier alpha value is -4.04. The van der Waals surface area contributed by atoms with Crippen molar-refractivity contribution >= 4 is 35.8 Å². The van der Waals surface area contributed by atoms with Gasteiger partial charge in [-0.25, -0.2) is 14.4 Å². The van der Waals surface area contributed by atoms with Crippen molar-refractivity contribution in [1.82, 2.24) is 20.3 Å². The summed E-state index contributed by atoms with van der Waals surface area (Å²) < 4.78 is 13.3. The van der Waals surface area contributed by atoms with Gasteiger partial charge in [0.25, 0.3) is 5.91 Å². The van der Waals surface area contributed by atoms with Crippen molar-refractivity contribution in [2.75, 3.05) is 10.6 Å². The Labute approximate surface area is 203 Å². The lowest BCUT2D eigenvalue weighted by atomic mass is 10.1. The maximum Gasteiger partial charge on any atom is 0.251 e. The van der Waals surface area contributed by atoms with E-state index in [9.17, 15) is 9.18 Å². The Morgan fingerprint density at radius 3 is 2.41 bits per heavy atom. The van der Waals surface area contributed by atoms with Gasteiger partial charge in [-0.1, -0.05) is 42.5 Å². The number of hydrogen-bond acceptors (Lipinski definition) is 6. The van der Waals surface area contributed by atoms with E-state index in [2.05, 4.69) is 30.9 Å². The average Bonchev–Trinajstić information content (AvgIpc) is 2.84. The predicted octanol–water partition coefficient (Wildman–Crippen LogP) is 5.28. The molecule has 7 nitrogen and oxygen atoms in total. The van der Waals surface area contributed by atoms with Crippen molar-refractivity contribution in [2.24, 2.45) is 0 Å². The first-order chi connectivity index (χ1) is 16.1. The predicted molar refractivity (Wildman–Crippen MR) is 133 cm³/mol. The van der Waals surface area contributed by atoms with E-state index in [1.165, 1.54) is 12.1 Å². The van der Waals surface area contributed by atoms with E-state index < -0.39 is 0 Å². The van der Waals surface area contributed by atoms with Crippen LogP contribution in [-0.2, 0) is 6.54 Å². The first kappa shape index (κ1) is 24.6. The Bertz CT molecular complexity index is 1210. The summed E-state index contributed by atoms with van der Waals surface area (Å²) in [5.74, 6) is 0.907. The number of anilines is 3. The fourth-order valence-corrected chi connectivity index (χ4v) is 3.23. The largest absolute Gasteiger partial charge is 0.363 e. The lowest BCUT2D eigenvalue weighted by molar-refractivity contribution is 0.0951. The normalized spacial score (nSPS) is 11.1. The molecule has 3 N–H and O–H groups in total. The van der Waals surface area contributed by atoms with Crippen LogP contribution in [0.25, 0.3) is 0 Å². The lowest BCUT2D eigenvalue weighted by Gasteiger charge is -2.17. The van der Waals surface area contributed by atoms with Gasteiger partial charge in [0.1, 0.15) is 23.3 Å². The van der Waals surface area contributed by atoms with Crippen LogP contribution in [0.2, 0.25) is 0 Å². The van der Waals surface area contributed by atoms with Crippen molar-refractivity contribution in [3.05, 3.63) is 108 Å². The molecule has 1 atom stereocenters. The molecular weight excluding hydrogens is 455 g/mol. The van der Waals surface area contributed by atoms with Crippen LogP contribution in [0.4, 0.5) is 21.8 Å². The second-order valence-corrected chi connectivity index (χ2v) is 7.43. The van der Waals surface area contributed by atoms with Gasteiger partial charge in [-0.2, -0.15) is 0 Å². The molecule has 1 unspecified atom stereocenters. The van der Waals surface area contributed by atoms with E-state index in [1.807, 2.05) is 37.3 Å². The van der Waals surface area contributed by atoms with Gasteiger partial charge in [-0.05, 0) is 42.3 Å². The van der Waals surface area contributed by atoms with Crippen LogP contribution in [0.5, 0.6) is 0 Å². The molecule has 9 heteroatoms. The molecule has 0 saturated heterocycles. The summed E-state index contributed by atoms with van der Waals surface area (Å²) in [4.78, 5) is 25.7. The van der Waals surface area contributed by atoms with Gasteiger partial charge in [-0.15, -0.1) is 12.4 Å². The molecule has 2 aromatic carbocycles. The molecule has 0 aliphatic heterocycles. The topological polar surface area (TPSA) is 91.8 Å². The minimum absolute atomic E-state index is 0. The van der Waals surface area contributed by atoms with Crippen molar-refractivity contribution in [2.45, 2.75) is 19.5 Å². The Kier molecular flexibility index (Phi) is 8.48. The van der Waals surface area contributed by atoms with Gasteiger partial charge in [0.05, 0.1) is 6.20 Å². The second-order valence-electron chi connectivity index (χ2n) is 7.43. The van der Waals surface area contributed by atoms with Crippen molar-refractivity contribution in [3.8, 4) is 0 Å². The van der Waals surface area contributed by atoms with Crippen molar-refractivity contribution in [3.63, 3.8) is 0 Å². The maximum absolute atomic E-state index is 13.3. The smallest absolute Gasteiger partial charge is 0.251 e. The van der Waals surface area contributed by atoms with E-state index in [-0.39, 0.29) is 30.2 Å². The van der Waals surface area contributed by atoms with Crippen LogP contribution in [0.15, 0.2) is 85.3 Å². The number of benzene rings is 2. The zero-order valence-electron chi connectivity index (χ0n) is 18.4. The highest BCUT2D eigenvalue weighted by atomic mass is 35.5. The standard InChI is InChI=1S/C25H23FN6O.ClH/c1-17(19-7-9-21(26)10-8-19)30-22-13-20(25(33)29-15-18-5-3-2-4-6-18)14-23(31-22)32-24-16-27-11-12-28-24;/h2-14,16-17H,15H2,1H3,(H,29,33)(H2,28,30,31,32);1H. The highest BCUT2D eigenvalue weighted by molar-refractivity contribution is 5.95. The number of amides is 1. The quantitative estimate of drug-likeness (QED) is 0.319. The number of pyridine rings is 1. The van der Waals surface area contributed by atoms with Gasteiger partial charge in [0, 0.05) is 30.5 Å². The zero-order valence-corrected chi connectivity index (χ0v) is 19.2. The van der Waals surface area contributed by atoms with Crippen LogP contribution in [-0.4, -0.2) is 20.9 Å². The molecule has 34 heavy (non-hydrogen) atoms. The number of carbonyl (C=O) groups is 1. The van der Waals surface area contributed by atoms with Crippen molar-refractivity contribution < 1.29 is 9.18 Å². The monoisotopic (exact) mass is 478 g/mol. The molecule has 0 fully saturated rings. The minimum atomic E-state index is -0.295. The number of hydrogen-bond donors (Lipinski definition) is 3. The Balaban J connectivity index is 0.00000324. The van der Waals surface area contributed by atoms with Gasteiger partial charge < -0.3 is 16.0 Å². The van der Waals surface area contributed by atoms with Gasteiger partial charge in [0.2, 0.25) is 0 Å². The summed E-state index contributed by atoms with van der Waals surface area (Å²) >= 11 is 0. The molecule has 174 valence electrons. The molecule has 0 aliphatic carbocycles. The number of rotatable bonds is 8. The molecule has 0 bridgehead atoms. The summed E-state index contributed by atoms with van der Waals surface area (Å²) in [6.45, 7) is 2.34. The third kappa shape index (κ3) is 6.73. The van der Waals surface area contributed by atoms with E-state index in [0.29, 0.717) is 29.6 Å². The third-order valence-electron chi connectivity index (χ3n) is 4.94. The van der Waals surface area contributed by atoms with Crippen LogP contribution in [0.3, 0.4) is 0 Å². The summed E-state index contributed by atoms with van der Waals surface area (Å²) in [6.07, 6.45) is 4.70. The van der Waals surface area contributed by atoms with Gasteiger partial charge >= 0.3 is 0 Å². The fourth-order valence-electron chi connectivity index (χ4n) is 3.23. The Morgan fingerprint density at radius 1 is 0.971 bits per heavy atom. The Morgan fingerprint density at radius 2 is 1.71 bits per heavy atom. The summed E-state index contributed by atoms with van der Waals surface area (Å²) in [7, 11) is 0. The van der Waals surface area contributed by atoms with Crippen LogP contribution >= 0.6 is 12.4 Å². The van der Waals surface area contributed by atoms with Crippen LogP contribution in [0.1, 0.15) is 34.5 Å². The van der Waals surface area contributed by atoms with Gasteiger partial charge in [-0.3, -0.25) is 9.78 Å². The van der Waals surface area contributed by atoms with E-state index in [0.717, 1.165) is 11.1 Å². The van der Waals surface area contributed by atoms with E-state index in [1.54, 1.807) is 42.9 Å². The molecule has 2 heterocycles. The SMILES string of the molecule is CC(Nc1cc(C(=O)NCc2ccccc2)cc(Nc2cnccn2)n1)c1ccc(F)cc1.Cl. The molecule has 0 aliphatic rings. The third-order valence-corrected chi connectivity index (χ3v) is 4.94. The van der Waals surface area contributed by atoms with Crippen LogP contribution < -0.4 is 16.0 Å². The highest BCUT2D eigenvalue weighted by Crippen LogP contribution is 2.22. The first-order valence-corrected chi connectivity index (χ1v) is 10.5. The summed E-state index contributed by atoms with van der Waals surface area (Å²) in [5.41, 5.74) is 2.32. The van der Waals surface area contributed by atoms with Crippen molar-refractivity contribution in [1.29, 1.82) is 0 Å². The maximum atomic E-state index is 13.3. The molecule has 2 aromatic heterocycles. The molecule has 0 saturated carbocycles. The number of halogens is 2. The molecule has 4 aromatic rings. The van der Waals surface area contributed by atoms with Gasteiger partial charge in [0.15, 0.2) is 0 Å². The second kappa shape index (κ2) is 11.7. The number of nitrogens with one attached hydrogen (secondary N) is 3. The summed E-state index contributed by atoms with van der Waals surface area (Å²) in [6, 6.07) is 19.1. The van der Waals surface area contributed by atoms with E-state index >= 15 is 0 Å². The van der Waals surface area contributed by atoms with E-state index in [4.69, 9.17) is 0 Å². The molecule has 4 rings (SSSR count). The van der Waals surface area contributed by atoms with Crippen LogP contribution in [0, 0.1) is 5.82 Å². The lowest BCUT2D eigenvalue weighted by Crippen LogP contribution is -2.23.